The predicted molar refractivity (Wildman–Crippen MR) is 128 cm³/mol. The molecule has 1 atom stereocenters. The zero-order valence-corrected chi connectivity index (χ0v) is 20.8. The SMILES string of the molecule is CC(C)CN1CCO[C@H](CNC(=O)N2CCN(S(=O)(=O)c3ccc4c(c3)CCCC4)CC2)C1. The number of nitrogens with one attached hydrogen (secondary N) is 1. The molecule has 2 heterocycles. The normalized spacial score (nSPS) is 22.9. The Hall–Kier alpha value is -1.68. The summed E-state index contributed by atoms with van der Waals surface area (Å²) in [5, 5.41) is 2.98. The molecule has 184 valence electrons. The fourth-order valence-corrected chi connectivity index (χ4v) is 6.52. The molecular weight excluding hydrogens is 440 g/mol. The maximum absolute atomic E-state index is 13.2. The van der Waals surface area contributed by atoms with Crippen molar-refractivity contribution in [2.24, 2.45) is 5.92 Å². The number of carbonyl (C=O) groups excluding carboxylic acids is 1. The molecule has 4 rings (SSSR count). The molecular formula is C24H38N4O4S. The summed E-state index contributed by atoms with van der Waals surface area (Å²) in [6, 6.07) is 5.42. The number of fused-ring (bicyclic) bond motifs is 1. The number of amides is 2. The highest BCUT2D eigenvalue weighted by Crippen LogP contribution is 2.26. The largest absolute Gasteiger partial charge is 0.374 e. The maximum atomic E-state index is 13.2. The van der Waals surface area contributed by atoms with Crippen LogP contribution in [0, 0.1) is 5.92 Å². The smallest absolute Gasteiger partial charge is 0.317 e. The van der Waals surface area contributed by atoms with E-state index < -0.39 is 10.0 Å². The van der Waals surface area contributed by atoms with E-state index in [4.69, 9.17) is 4.74 Å². The summed E-state index contributed by atoms with van der Waals surface area (Å²) < 4.78 is 33.7. The summed E-state index contributed by atoms with van der Waals surface area (Å²) in [6.45, 7) is 9.78. The highest BCUT2D eigenvalue weighted by Gasteiger charge is 2.31. The Morgan fingerprint density at radius 1 is 1.09 bits per heavy atom. The number of sulfonamides is 1. The van der Waals surface area contributed by atoms with Crippen molar-refractivity contribution in [2.45, 2.75) is 50.5 Å². The van der Waals surface area contributed by atoms with E-state index in [0.29, 0.717) is 50.1 Å². The number of urea groups is 1. The minimum atomic E-state index is -3.54. The molecule has 1 N–H and O–H groups in total. The average Bonchev–Trinajstić information content (AvgIpc) is 2.82. The minimum Gasteiger partial charge on any atom is -0.374 e. The third kappa shape index (κ3) is 6.07. The molecule has 0 bridgehead atoms. The van der Waals surface area contributed by atoms with E-state index in [1.165, 1.54) is 16.3 Å². The second-order valence-electron chi connectivity index (χ2n) is 9.86. The predicted octanol–water partition coefficient (Wildman–Crippen LogP) is 1.94. The molecule has 2 amide bonds. The van der Waals surface area contributed by atoms with Crippen LogP contribution in [0.25, 0.3) is 0 Å². The zero-order chi connectivity index (χ0) is 23.4. The molecule has 1 aromatic carbocycles. The highest BCUT2D eigenvalue weighted by atomic mass is 32.2. The van der Waals surface area contributed by atoms with Crippen LogP contribution in [0.5, 0.6) is 0 Å². The Morgan fingerprint density at radius 3 is 2.55 bits per heavy atom. The van der Waals surface area contributed by atoms with E-state index in [0.717, 1.165) is 44.5 Å². The summed E-state index contributed by atoms with van der Waals surface area (Å²) in [5.41, 5.74) is 2.44. The van der Waals surface area contributed by atoms with Crippen LogP contribution in [-0.2, 0) is 27.6 Å². The van der Waals surface area contributed by atoms with Crippen LogP contribution in [-0.4, -0.2) is 93.6 Å². The fraction of sp³-hybridized carbons (Fsp3) is 0.708. The first kappa shape index (κ1) is 24.4. The number of carbonyl (C=O) groups is 1. The first-order valence-electron chi connectivity index (χ1n) is 12.3. The quantitative estimate of drug-likeness (QED) is 0.676. The third-order valence-electron chi connectivity index (χ3n) is 6.81. The van der Waals surface area contributed by atoms with Crippen LogP contribution in [0.4, 0.5) is 4.79 Å². The van der Waals surface area contributed by atoms with E-state index in [1.807, 2.05) is 12.1 Å². The number of morpholine rings is 1. The average molecular weight is 479 g/mol. The first-order valence-corrected chi connectivity index (χ1v) is 13.8. The second kappa shape index (κ2) is 10.7. The Bertz CT molecular complexity index is 928. The zero-order valence-electron chi connectivity index (χ0n) is 20.0. The van der Waals surface area contributed by atoms with Crippen LogP contribution in [0.2, 0.25) is 0 Å². The number of ether oxygens (including phenoxy) is 1. The summed E-state index contributed by atoms with van der Waals surface area (Å²) in [6.07, 6.45) is 4.27. The van der Waals surface area contributed by atoms with Gasteiger partial charge in [0.1, 0.15) is 0 Å². The number of rotatable bonds is 6. The molecule has 0 saturated carbocycles. The molecule has 9 heteroatoms. The van der Waals surface area contributed by atoms with E-state index in [1.54, 1.807) is 11.0 Å². The lowest BCUT2D eigenvalue weighted by Crippen LogP contribution is -2.55. The first-order chi connectivity index (χ1) is 15.8. The number of nitrogens with zero attached hydrogens (tertiary/aromatic N) is 3. The molecule has 1 aromatic rings. The van der Waals surface area contributed by atoms with Crippen LogP contribution in [0.3, 0.4) is 0 Å². The van der Waals surface area contributed by atoms with Crippen molar-refractivity contribution in [1.82, 2.24) is 19.4 Å². The van der Waals surface area contributed by atoms with Gasteiger partial charge in [-0.3, -0.25) is 4.90 Å². The van der Waals surface area contributed by atoms with Gasteiger partial charge in [-0.2, -0.15) is 4.31 Å². The standard InChI is InChI=1S/C24H38N4O4S/c1-19(2)17-26-13-14-32-22(18-26)16-25-24(29)27-9-11-28(12-10-27)33(30,31)23-8-7-20-5-3-4-6-21(20)15-23/h7-8,15,19,22H,3-6,9-14,16-18H2,1-2H3,(H,25,29)/t22-/m1/s1. The van der Waals surface area contributed by atoms with Crippen LogP contribution in [0.1, 0.15) is 37.8 Å². The van der Waals surface area contributed by atoms with Gasteiger partial charge in [-0.25, -0.2) is 13.2 Å². The topological polar surface area (TPSA) is 82.2 Å². The van der Waals surface area contributed by atoms with Crippen molar-refractivity contribution in [2.75, 3.05) is 59.0 Å². The van der Waals surface area contributed by atoms with E-state index in [9.17, 15) is 13.2 Å². The number of piperazine rings is 1. The third-order valence-corrected chi connectivity index (χ3v) is 8.71. The van der Waals surface area contributed by atoms with Gasteiger partial charge in [-0.1, -0.05) is 19.9 Å². The summed E-state index contributed by atoms with van der Waals surface area (Å²) in [5.74, 6) is 0.604. The molecule has 0 radical (unpaired) electrons. The Labute approximate surface area is 198 Å². The van der Waals surface area contributed by atoms with Crippen molar-refractivity contribution in [3.05, 3.63) is 29.3 Å². The number of aryl methyl sites for hydroxylation is 2. The van der Waals surface area contributed by atoms with Crippen molar-refractivity contribution in [3.8, 4) is 0 Å². The molecule has 1 aliphatic carbocycles. The highest BCUT2D eigenvalue weighted by molar-refractivity contribution is 7.89. The van der Waals surface area contributed by atoms with Gasteiger partial charge in [0, 0.05) is 52.4 Å². The molecule has 2 aliphatic heterocycles. The van der Waals surface area contributed by atoms with Gasteiger partial charge in [0.15, 0.2) is 0 Å². The van der Waals surface area contributed by atoms with Gasteiger partial charge >= 0.3 is 6.03 Å². The minimum absolute atomic E-state index is 0.00729. The number of hydrogen-bond acceptors (Lipinski definition) is 5. The van der Waals surface area contributed by atoms with Crippen LogP contribution < -0.4 is 5.32 Å². The van der Waals surface area contributed by atoms with Crippen molar-refractivity contribution in [3.63, 3.8) is 0 Å². The van der Waals surface area contributed by atoms with E-state index >= 15 is 0 Å². The van der Waals surface area contributed by atoms with Crippen LogP contribution >= 0.6 is 0 Å². The van der Waals surface area contributed by atoms with Gasteiger partial charge in [-0.05, 0) is 54.9 Å². The van der Waals surface area contributed by atoms with E-state index in [-0.39, 0.29) is 12.1 Å². The number of hydrogen-bond donors (Lipinski definition) is 1. The molecule has 0 spiro atoms. The monoisotopic (exact) mass is 478 g/mol. The molecule has 2 fully saturated rings. The van der Waals surface area contributed by atoms with Gasteiger partial charge in [0.25, 0.3) is 0 Å². The van der Waals surface area contributed by atoms with Gasteiger partial charge in [0.05, 0.1) is 17.6 Å². The Balaban J connectivity index is 1.26. The van der Waals surface area contributed by atoms with Gasteiger partial charge < -0.3 is 15.0 Å². The summed E-state index contributed by atoms with van der Waals surface area (Å²) >= 11 is 0. The molecule has 0 unspecified atom stereocenters. The molecule has 2 saturated heterocycles. The van der Waals surface area contributed by atoms with Crippen molar-refractivity contribution >= 4 is 16.1 Å². The molecule has 8 nitrogen and oxygen atoms in total. The number of benzene rings is 1. The van der Waals surface area contributed by atoms with E-state index in [2.05, 4.69) is 24.1 Å². The molecule has 0 aromatic heterocycles. The van der Waals surface area contributed by atoms with Crippen molar-refractivity contribution < 1.29 is 17.9 Å². The van der Waals surface area contributed by atoms with Gasteiger partial charge in [0.2, 0.25) is 10.0 Å². The fourth-order valence-electron chi connectivity index (χ4n) is 5.05. The second-order valence-corrected chi connectivity index (χ2v) is 11.8. The summed E-state index contributed by atoms with van der Waals surface area (Å²) in [7, 11) is -3.54. The van der Waals surface area contributed by atoms with Crippen molar-refractivity contribution in [1.29, 1.82) is 0 Å². The lowest BCUT2D eigenvalue weighted by molar-refractivity contribution is -0.0294. The lowest BCUT2D eigenvalue weighted by atomic mass is 9.92. The Kier molecular flexibility index (Phi) is 7.94. The molecule has 33 heavy (non-hydrogen) atoms. The Morgan fingerprint density at radius 2 is 1.82 bits per heavy atom. The summed E-state index contributed by atoms with van der Waals surface area (Å²) in [4.78, 5) is 17.1. The van der Waals surface area contributed by atoms with Crippen LogP contribution in [0.15, 0.2) is 23.1 Å². The lowest BCUT2D eigenvalue weighted by Gasteiger charge is -2.36. The van der Waals surface area contributed by atoms with Gasteiger partial charge in [-0.15, -0.1) is 0 Å². The molecule has 3 aliphatic rings. The maximum Gasteiger partial charge on any atom is 0.317 e.